The Morgan fingerprint density at radius 3 is 2.61 bits per heavy atom. The zero-order valence-electron chi connectivity index (χ0n) is 15.5. The van der Waals surface area contributed by atoms with Crippen LogP contribution in [0.2, 0.25) is 0 Å². The van der Waals surface area contributed by atoms with Gasteiger partial charge >= 0.3 is 0 Å². The zero-order chi connectivity index (χ0) is 19.7. The molecule has 4 rings (SSSR count). The lowest BCUT2D eigenvalue weighted by atomic mass is 9.92. The first-order valence-electron chi connectivity index (χ1n) is 9.22. The summed E-state index contributed by atoms with van der Waals surface area (Å²) in [4.78, 5) is 9.04. The van der Waals surface area contributed by atoms with Crippen LogP contribution in [0.1, 0.15) is 25.7 Å². The van der Waals surface area contributed by atoms with E-state index < -0.39 is 10.0 Å². The third-order valence-corrected chi connectivity index (χ3v) is 6.46. The Morgan fingerprint density at radius 2 is 1.86 bits per heavy atom. The van der Waals surface area contributed by atoms with Crippen LogP contribution in [-0.2, 0) is 10.0 Å². The molecule has 2 aromatic heterocycles. The normalized spacial score (nSPS) is 20.4. The van der Waals surface area contributed by atoms with Gasteiger partial charge in [-0.15, -0.1) is 0 Å². The number of halogens is 1. The molecule has 28 heavy (non-hydrogen) atoms. The molecule has 1 aliphatic rings. The number of anilines is 1. The first kappa shape index (κ1) is 19.4. The van der Waals surface area contributed by atoms with Crippen LogP contribution in [0, 0.1) is 0 Å². The lowest BCUT2D eigenvalue weighted by molar-refractivity contribution is 0.387. The molecule has 1 aliphatic carbocycles. The van der Waals surface area contributed by atoms with Gasteiger partial charge in [-0.05, 0) is 49.9 Å². The molecule has 1 aromatic carbocycles. The number of nitrogens with one attached hydrogen (secondary N) is 2. The quantitative estimate of drug-likeness (QED) is 0.604. The number of hydrogen-bond donors (Lipinski definition) is 2. The van der Waals surface area contributed by atoms with Crippen LogP contribution in [-0.4, -0.2) is 41.3 Å². The van der Waals surface area contributed by atoms with Crippen LogP contribution in [0.25, 0.3) is 16.7 Å². The van der Waals surface area contributed by atoms with E-state index in [0.29, 0.717) is 5.95 Å². The molecular formula is C19H22BrN5O2S. The Kier molecular flexibility index (Phi) is 5.39. The maximum absolute atomic E-state index is 11.4. The molecule has 0 bridgehead atoms. The minimum absolute atomic E-state index is 0.0185. The van der Waals surface area contributed by atoms with Crippen LogP contribution in [0.3, 0.4) is 0 Å². The monoisotopic (exact) mass is 463 g/mol. The van der Waals surface area contributed by atoms with Crippen molar-refractivity contribution in [2.45, 2.75) is 37.8 Å². The number of sulfonamides is 1. The van der Waals surface area contributed by atoms with Crippen molar-refractivity contribution < 1.29 is 8.42 Å². The van der Waals surface area contributed by atoms with Gasteiger partial charge in [0.2, 0.25) is 16.0 Å². The van der Waals surface area contributed by atoms with Crippen molar-refractivity contribution >= 4 is 42.8 Å². The van der Waals surface area contributed by atoms with Crippen molar-refractivity contribution in [2.24, 2.45) is 0 Å². The summed E-state index contributed by atoms with van der Waals surface area (Å²) >= 11 is 3.58. The first-order valence-corrected chi connectivity index (χ1v) is 11.9. The Labute approximate surface area is 172 Å². The lowest BCUT2D eigenvalue weighted by Gasteiger charge is -2.29. The van der Waals surface area contributed by atoms with Gasteiger partial charge in [0.05, 0.1) is 11.8 Å². The fourth-order valence-corrected chi connectivity index (χ4v) is 5.05. The highest BCUT2D eigenvalue weighted by Crippen LogP contribution is 2.27. The second-order valence-electron chi connectivity index (χ2n) is 7.18. The van der Waals surface area contributed by atoms with E-state index in [1.165, 1.54) is 6.26 Å². The van der Waals surface area contributed by atoms with Gasteiger partial charge in [0, 0.05) is 34.3 Å². The molecule has 1 saturated carbocycles. The second-order valence-corrected chi connectivity index (χ2v) is 9.81. The molecule has 1 fully saturated rings. The van der Waals surface area contributed by atoms with Crippen LogP contribution < -0.4 is 10.0 Å². The minimum Gasteiger partial charge on any atom is -0.351 e. The summed E-state index contributed by atoms with van der Waals surface area (Å²) < 4.78 is 28.6. The van der Waals surface area contributed by atoms with E-state index in [-0.39, 0.29) is 12.1 Å². The van der Waals surface area contributed by atoms with Crippen LogP contribution in [0.15, 0.2) is 47.2 Å². The van der Waals surface area contributed by atoms with E-state index in [0.717, 1.165) is 46.9 Å². The average molecular weight is 464 g/mol. The number of aromatic nitrogens is 3. The summed E-state index contributed by atoms with van der Waals surface area (Å²) in [5, 5.41) is 4.54. The largest absolute Gasteiger partial charge is 0.351 e. The van der Waals surface area contributed by atoms with Gasteiger partial charge in [-0.25, -0.2) is 18.1 Å². The van der Waals surface area contributed by atoms with Crippen molar-refractivity contribution in [3.8, 4) is 5.82 Å². The molecule has 0 unspecified atom stereocenters. The summed E-state index contributed by atoms with van der Waals surface area (Å²) in [6.45, 7) is 0. The molecular weight excluding hydrogens is 442 g/mol. The maximum Gasteiger partial charge on any atom is 0.224 e. The summed E-state index contributed by atoms with van der Waals surface area (Å²) in [5.74, 6) is 1.40. The number of hydrogen-bond acceptors (Lipinski definition) is 5. The SMILES string of the molecule is CS(=O)(=O)N[C@H]1CC[C@H](Nc2nccc(-n3ccc4c(Br)cccc43)n2)CC1. The van der Waals surface area contributed by atoms with Gasteiger partial charge in [0.25, 0.3) is 0 Å². The number of fused-ring (bicyclic) bond motifs is 1. The van der Waals surface area contributed by atoms with Gasteiger partial charge in [0.15, 0.2) is 0 Å². The summed E-state index contributed by atoms with van der Waals surface area (Å²) in [5.41, 5.74) is 1.08. The van der Waals surface area contributed by atoms with Gasteiger partial charge in [-0.1, -0.05) is 22.0 Å². The summed E-state index contributed by atoms with van der Waals surface area (Å²) in [7, 11) is -3.15. The molecule has 3 aromatic rings. The third kappa shape index (κ3) is 4.37. The van der Waals surface area contributed by atoms with Crippen LogP contribution in [0.5, 0.6) is 0 Å². The van der Waals surface area contributed by atoms with Crippen molar-refractivity contribution in [3.05, 3.63) is 47.2 Å². The van der Waals surface area contributed by atoms with Gasteiger partial charge in [-0.3, -0.25) is 0 Å². The van der Waals surface area contributed by atoms with Crippen molar-refractivity contribution in [1.29, 1.82) is 0 Å². The van der Waals surface area contributed by atoms with E-state index in [9.17, 15) is 8.42 Å². The standard InChI is InChI=1S/C19H22BrN5O2S/c1-28(26,27)24-14-7-5-13(6-8-14)22-19-21-11-9-18(23-19)25-12-10-15-16(20)3-2-4-17(15)25/h2-4,9-14,24H,5-8H2,1H3,(H,21,22,23)/t13-,14-. The number of benzene rings is 1. The van der Waals surface area contributed by atoms with Gasteiger partial charge in [0.1, 0.15) is 5.82 Å². The molecule has 0 saturated heterocycles. The van der Waals surface area contributed by atoms with E-state index in [4.69, 9.17) is 0 Å². The summed E-state index contributed by atoms with van der Waals surface area (Å²) in [6.07, 6.45) is 8.33. The first-order chi connectivity index (χ1) is 13.4. The van der Waals surface area contributed by atoms with Gasteiger partial charge in [-0.2, -0.15) is 4.98 Å². The summed E-state index contributed by atoms with van der Waals surface area (Å²) in [6, 6.07) is 10.3. The molecule has 0 aliphatic heterocycles. The Hall–Kier alpha value is -1.97. The van der Waals surface area contributed by atoms with Crippen molar-refractivity contribution in [2.75, 3.05) is 11.6 Å². The highest BCUT2D eigenvalue weighted by molar-refractivity contribution is 9.10. The molecule has 2 N–H and O–H groups in total. The van der Waals surface area contributed by atoms with Crippen molar-refractivity contribution in [1.82, 2.24) is 19.3 Å². The highest BCUT2D eigenvalue weighted by Gasteiger charge is 2.23. The smallest absolute Gasteiger partial charge is 0.224 e. The minimum atomic E-state index is -3.15. The Bertz CT molecular complexity index is 1090. The molecule has 9 heteroatoms. The third-order valence-electron chi connectivity index (χ3n) is 5.01. The van der Waals surface area contributed by atoms with E-state index in [1.807, 2.05) is 29.0 Å². The predicted molar refractivity (Wildman–Crippen MR) is 114 cm³/mol. The molecule has 0 radical (unpaired) electrons. The molecule has 148 valence electrons. The van der Waals surface area contributed by atoms with E-state index >= 15 is 0 Å². The molecule has 0 amide bonds. The van der Waals surface area contributed by atoms with Crippen LogP contribution >= 0.6 is 15.9 Å². The van der Waals surface area contributed by atoms with Crippen molar-refractivity contribution in [3.63, 3.8) is 0 Å². The highest BCUT2D eigenvalue weighted by atomic mass is 79.9. The second kappa shape index (κ2) is 7.81. The average Bonchev–Trinajstić information content (AvgIpc) is 3.08. The molecule has 0 atom stereocenters. The predicted octanol–water partition coefficient (Wildman–Crippen LogP) is 3.46. The number of rotatable bonds is 5. The maximum atomic E-state index is 11.4. The lowest BCUT2D eigenvalue weighted by Crippen LogP contribution is -2.39. The van der Waals surface area contributed by atoms with Gasteiger partial charge < -0.3 is 9.88 Å². The fourth-order valence-electron chi connectivity index (χ4n) is 3.72. The fraction of sp³-hybridized carbons (Fsp3) is 0.368. The van der Waals surface area contributed by atoms with E-state index in [2.05, 4.69) is 48.1 Å². The Morgan fingerprint density at radius 1 is 1.11 bits per heavy atom. The molecule has 0 spiro atoms. The van der Waals surface area contributed by atoms with E-state index in [1.54, 1.807) is 6.20 Å². The Balaban J connectivity index is 1.47. The number of nitrogens with zero attached hydrogens (tertiary/aromatic N) is 3. The molecule has 7 nitrogen and oxygen atoms in total. The van der Waals surface area contributed by atoms with Crippen LogP contribution in [0.4, 0.5) is 5.95 Å². The zero-order valence-corrected chi connectivity index (χ0v) is 17.9. The molecule has 2 heterocycles. The topological polar surface area (TPSA) is 88.9 Å².